The molecule has 0 unspecified atom stereocenters. The molecule has 1 amide bonds. The third-order valence-corrected chi connectivity index (χ3v) is 3.15. The smallest absolute Gasteiger partial charge is 0.407 e. The maximum Gasteiger partial charge on any atom is 0.407 e. The Bertz CT molecular complexity index is 314. The lowest BCUT2D eigenvalue weighted by molar-refractivity contribution is -0.0196. The lowest BCUT2D eigenvalue weighted by Gasteiger charge is -2.22. The molecule has 136 valence electrons. The van der Waals surface area contributed by atoms with E-state index in [1.165, 1.54) is 0 Å². The van der Waals surface area contributed by atoms with Gasteiger partial charge in [0.2, 0.25) is 0 Å². The molecule has 0 spiro atoms. The summed E-state index contributed by atoms with van der Waals surface area (Å²) in [5, 5.41) is 5.94. The minimum Gasteiger partial charge on any atom is -0.444 e. The van der Waals surface area contributed by atoms with Crippen molar-refractivity contribution < 1.29 is 23.7 Å². The molecule has 7 nitrogen and oxygen atoms in total. The summed E-state index contributed by atoms with van der Waals surface area (Å²) in [5.41, 5.74) is -0.477. The Morgan fingerprint density at radius 3 is 2.30 bits per heavy atom. The number of rotatable bonds is 10. The molecule has 1 fully saturated rings. The maximum atomic E-state index is 11.4. The zero-order chi connectivity index (χ0) is 17.0. The van der Waals surface area contributed by atoms with Crippen LogP contribution >= 0.6 is 0 Å². The van der Waals surface area contributed by atoms with Crippen molar-refractivity contribution in [3.63, 3.8) is 0 Å². The van der Waals surface area contributed by atoms with Crippen LogP contribution in [0.25, 0.3) is 0 Å². The Balaban J connectivity index is 1.80. The first-order valence-corrected chi connectivity index (χ1v) is 8.42. The summed E-state index contributed by atoms with van der Waals surface area (Å²) in [6.07, 6.45) is 2.10. The number of alkyl carbamates (subject to hydrolysis) is 1. The van der Waals surface area contributed by atoms with E-state index >= 15 is 0 Å². The van der Waals surface area contributed by atoms with Crippen molar-refractivity contribution in [3.8, 4) is 0 Å². The van der Waals surface area contributed by atoms with Gasteiger partial charge in [0.15, 0.2) is 0 Å². The van der Waals surface area contributed by atoms with Crippen LogP contribution in [0.1, 0.15) is 33.6 Å². The molecule has 0 aromatic carbocycles. The predicted octanol–water partition coefficient (Wildman–Crippen LogP) is 1.31. The van der Waals surface area contributed by atoms with Crippen LogP contribution < -0.4 is 10.6 Å². The highest BCUT2D eigenvalue weighted by Crippen LogP contribution is 2.07. The monoisotopic (exact) mass is 332 g/mol. The van der Waals surface area contributed by atoms with Gasteiger partial charge in [0, 0.05) is 6.54 Å². The summed E-state index contributed by atoms with van der Waals surface area (Å²) in [4.78, 5) is 11.4. The van der Waals surface area contributed by atoms with Crippen LogP contribution in [0, 0.1) is 0 Å². The fraction of sp³-hybridized carbons (Fsp3) is 0.938. The molecular formula is C16H32N2O5. The lowest BCUT2D eigenvalue weighted by atomic mass is 10.1. The van der Waals surface area contributed by atoms with Gasteiger partial charge >= 0.3 is 6.09 Å². The van der Waals surface area contributed by atoms with Crippen molar-refractivity contribution >= 4 is 6.09 Å². The van der Waals surface area contributed by atoms with Crippen molar-refractivity contribution in [1.29, 1.82) is 0 Å². The van der Waals surface area contributed by atoms with Gasteiger partial charge in [0.25, 0.3) is 0 Å². The zero-order valence-electron chi connectivity index (χ0n) is 14.7. The fourth-order valence-corrected chi connectivity index (χ4v) is 2.10. The summed E-state index contributed by atoms with van der Waals surface area (Å²) < 4.78 is 21.6. The van der Waals surface area contributed by atoms with Gasteiger partial charge in [-0.3, -0.25) is 0 Å². The van der Waals surface area contributed by atoms with E-state index in [1.807, 2.05) is 20.8 Å². The van der Waals surface area contributed by atoms with Gasteiger partial charge in [-0.15, -0.1) is 0 Å². The van der Waals surface area contributed by atoms with Gasteiger partial charge in [-0.2, -0.15) is 0 Å². The summed E-state index contributed by atoms with van der Waals surface area (Å²) in [7, 11) is 0. The molecule has 0 bridgehead atoms. The first-order valence-electron chi connectivity index (χ1n) is 8.42. The van der Waals surface area contributed by atoms with Crippen molar-refractivity contribution in [2.24, 2.45) is 0 Å². The highest BCUT2D eigenvalue weighted by molar-refractivity contribution is 5.67. The van der Waals surface area contributed by atoms with Gasteiger partial charge in [-0.05, 0) is 46.7 Å². The summed E-state index contributed by atoms with van der Waals surface area (Å²) in [6.45, 7) is 10.7. The van der Waals surface area contributed by atoms with Crippen LogP contribution in [-0.4, -0.2) is 70.5 Å². The van der Waals surface area contributed by atoms with Gasteiger partial charge in [0.05, 0.1) is 39.1 Å². The number of amides is 1. The quantitative estimate of drug-likeness (QED) is 0.588. The SMILES string of the molecule is CC(C)(C)OC(=O)NCCOCCOCCOC1CCNCC1. The second kappa shape index (κ2) is 11.6. The molecule has 0 radical (unpaired) electrons. The second-order valence-electron chi connectivity index (χ2n) is 6.47. The van der Waals surface area contributed by atoms with Crippen LogP contribution in [0.2, 0.25) is 0 Å². The van der Waals surface area contributed by atoms with Crippen LogP contribution in [0.15, 0.2) is 0 Å². The second-order valence-corrected chi connectivity index (χ2v) is 6.47. The minimum atomic E-state index is -0.477. The van der Waals surface area contributed by atoms with Crippen LogP contribution in [0.5, 0.6) is 0 Å². The zero-order valence-corrected chi connectivity index (χ0v) is 14.7. The van der Waals surface area contributed by atoms with Gasteiger partial charge in [-0.25, -0.2) is 4.79 Å². The van der Waals surface area contributed by atoms with E-state index in [1.54, 1.807) is 0 Å². The first kappa shape index (κ1) is 20.2. The average molecular weight is 332 g/mol. The number of hydrogen-bond acceptors (Lipinski definition) is 6. The van der Waals surface area contributed by atoms with Crippen LogP contribution in [-0.2, 0) is 18.9 Å². The molecular weight excluding hydrogens is 300 g/mol. The third-order valence-electron chi connectivity index (χ3n) is 3.15. The Kier molecular flexibility index (Phi) is 10.2. The first-order chi connectivity index (χ1) is 11.0. The largest absolute Gasteiger partial charge is 0.444 e. The summed E-state index contributed by atoms with van der Waals surface area (Å²) in [6, 6.07) is 0. The van der Waals surface area contributed by atoms with Crippen LogP contribution in [0.4, 0.5) is 4.79 Å². The molecule has 0 aromatic heterocycles. The topological polar surface area (TPSA) is 78.1 Å². The number of ether oxygens (including phenoxy) is 4. The molecule has 1 aliphatic heterocycles. The number of carbonyl (C=O) groups excluding carboxylic acids is 1. The molecule has 0 aromatic rings. The molecule has 7 heteroatoms. The Morgan fingerprint density at radius 1 is 1.04 bits per heavy atom. The van der Waals surface area contributed by atoms with Gasteiger partial charge in [-0.1, -0.05) is 0 Å². The van der Waals surface area contributed by atoms with E-state index in [0.717, 1.165) is 25.9 Å². The normalized spacial score (nSPS) is 16.3. The number of piperidine rings is 1. The maximum absolute atomic E-state index is 11.4. The fourth-order valence-electron chi connectivity index (χ4n) is 2.10. The Hall–Kier alpha value is -0.890. The number of hydrogen-bond donors (Lipinski definition) is 2. The highest BCUT2D eigenvalue weighted by atomic mass is 16.6. The number of carbonyl (C=O) groups is 1. The van der Waals surface area contributed by atoms with Crippen molar-refractivity contribution in [1.82, 2.24) is 10.6 Å². The van der Waals surface area contributed by atoms with Gasteiger partial charge in [0.1, 0.15) is 5.60 Å². The molecule has 1 heterocycles. The Morgan fingerprint density at radius 2 is 1.65 bits per heavy atom. The van der Waals surface area contributed by atoms with Crippen molar-refractivity contribution in [2.45, 2.75) is 45.3 Å². The van der Waals surface area contributed by atoms with E-state index in [4.69, 9.17) is 18.9 Å². The molecule has 0 atom stereocenters. The Labute approximate surface area is 139 Å². The average Bonchev–Trinajstić information content (AvgIpc) is 2.48. The van der Waals surface area contributed by atoms with Crippen molar-refractivity contribution in [2.75, 3.05) is 52.7 Å². The predicted molar refractivity (Wildman–Crippen MR) is 87.7 cm³/mol. The molecule has 23 heavy (non-hydrogen) atoms. The molecule has 1 aliphatic rings. The molecule has 0 saturated carbocycles. The van der Waals surface area contributed by atoms with E-state index in [-0.39, 0.29) is 0 Å². The summed E-state index contributed by atoms with van der Waals surface area (Å²) in [5.74, 6) is 0. The molecule has 2 N–H and O–H groups in total. The van der Waals surface area contributed by atoms with Crippen molar-refractivity contribution in [3.05, 3.63) is 0 Å². The molecule has 1 saturated heterocycles. The highest BCUT2D eigenvalue weighted by Gasteiger charge is 2.15. The summed E-state index contributed by atoms with van der Waals surface area (Å²) >= 11 is 0. The van der Waals surface area contributed by atoms with E-state index in [9.17, 15) is 4.79 Å². The van der Waals surface area contributed by atoms with Gasteiger partial charge < -0.3 is 29.6 Å². The standard InChI is InChI=1S/C16H32N2O5/c1-16(2,3)23-15(19)18-8-9-20-10-11-21-12-13-22-14-4-6-17-7-5-14/h14,17H,4-13H2,1-3H3,(H,18,19). The minimum absolute atomic E-state index is 0.370. The third kappa shape index (κ3) is 12.2. The molecule has 0 aliphatic carbocycles. The van der Waals surface area contributed by atoms with E-state index in [2.05, 4.69) is 10.6 Å². The lowest BCUT2D eigenvalue weighted by Crippen LogP contribution is -2.34. The number of nitrogens with one attached hydrogen (secondary N) is 2. The van der Waals surface area contributed by atoms with E-state index in [0.29, 0.717) is 45.7 Å². The van der Waals surface area contributed by atoms with E-state index < -0.39 is 11.7 Å². The molecule has 1 rings (SSSR count). The van der Waals surface area contributed by atoms with Crippen LogP contribution in [0.3, 0.4) is 0 Å².